The van der Waals surface area contributed by atoms with Gasteiger partial charge in [-0.25, -0.2) is 4.79 Å². The molecule has 1 amide bonds. The van der Waals surface area contributed by atoms with E-state index in [9.17, 15) is 14.7 Å². The highest BCUT2D eigenvalue weighted by Gasteiger charge is 2.15. The van der Waals surface area contributed by atoms with Crippen LogP contribution < -0.4 is 16.0 Å². The third kappa shape index (κ3) is 6.93. The first-order valence-electron chi connectivity index (χ1n) is 11.5. The Morgan fingerprint density at radius 3 is 2.44 bits per heavy atom. The highest BCUT2D eigenvalue weighted by Crippen LogP contribution is 2.30. The summed E-state index contributed by atoms with van der Waals surface area (Å²) in [7, 11) is 1.76. The molecule has 8 nitrogen and oxygen atoms in total. The number of ether oxygens (including phenoxy) is 2. The number of aliphatic hydroxyl groups excluding tert-OH is 1. The molecule has 0 aliphatic rings. The number of rotatable bonds is 6. The van der Waals surface area contributed by atoms with Crippen LogP contribution in [0.5, 0.6) is 5.75 Å². The van der Waals surface area contributed by atoms with Crippen LogP contribution in [0, 0.1) is 12.8 Å². The molecule has 0 unspecified atom stereocenters. The van der Waals surface area contributed by atoms with Crippen LogP contribution in [0.3, 0.4) is 0 Å². The number of benzene rings is 1. The van der Waals surface area contributed by atoms with Gasteiger partial charge in [0.05, 0.1) is 29.8 Å². The van der Waals surface area contributed by atoms with Crippen LogP contribution in [-0.4, -0.2) is 33.0 Å². The van der Waals surface area contributed by atoms with Crippen LogP contribution in [0.1, 0.15) is 58.7 Å². The number of hydrogen-bond acceptors (Lipinski definition) is 6. The summed E-state index contributed by atoms with van der Waals surface area (Å²) < 4.78 is 12.1. The topological polar surface area (TPSA) is 117 Å². The monoisotopic (exact) mass is 471 g/mol. The normalized spacial score (nSPS) is 11.4. The molecule has 2 aromatic heterocycles. The molecule has 0 spiro atoms. The zero-order valence-corrected chi connectivity index (χ0v) is 21.3. The molecule has 0 fully saturated rings. The molecule has 0 aliphatic heterocycles. The fourth-order valence-electron chi connectivity index (χ4n) is 3.68. The Morgan fingerprint density at radius 1 is 1.24 bits per heavy atom. The highest BCUT2D eigenvalue weighted by molar-refractivity contribution is 6.06. The van der Waals surface area contributed by atoms with E-state index in [0.717, 1.165) is 34.7 Å². The lowest BCUT2D eigenvalue weighted by molar-refractivity contribution is 0.0600. The third-order valence-electron chi connectivity index (χ3n) is 5.25. The van der Waals surface area contributed by atoms with E-state index in [1.54, 1.807) is 38.6 Å². The molecule has 0 bridgehead atoms. The molecular weight excluding hydrogens is 434 g/mol. The largest absolute Gasteiger partial charge is 0.493 e. The SMILES string of the molecule is CC(C)(C)OC(N)=O.Cc1nccc2c1c(=O)n(C)c1cc(OCCCC(C)C)c(CO)cc21. The van der Waals surface area contributed by atoms with Gasteiger partial charge in [0, 0.05) is 30.3 Å². The predicted octanol–water partition coefficient (Wildman–Crippen LogP) is 4.58. The molecule has 0 saturated heterocycles. The van der Waals surface area contributed by atoms with Gasteiger partial charge in [0.15, 0.2) is 0 Å². The maximum atomic E-state index is 12.8. The standard InChI is InChI=1S/C21H26N2O3.C5H11NO2/c1-13(2)6-5-9-26-19-11-18-17(10-15(19)12-24)16-7-8-22-14(3)20(16)21(25)23(18)4;1-5(2,3)8-4(6)7/h7-8,10-11,13,24H,5-6,9,12H2,1-4H3;1-3H3,(H2,6,7). The number of hydrogen-bond donors (Lipinski definition) is 2. The minimum absolute atomic E-state index is 0.0689. The summed E-state index contributed by atoms with van der Waals surface area (Å²) in [5.41, 5.74) is 6.44. The van der Waals surface area contributed by atoms with Gasteiger partial charge in [-0.15, -0.1) is 0 Å². The average molecular weight is 472 g/mol. The molecular formula is C26H37N3O5. The van der Waals surface area contributed by atoms with Crippen molar-refractivity contribution in [1.82, 2.24) is 9.55 Å². The lowest BCUT2D eigenvalue weighted by Crippen LogP contribution is -2.27. The number of primary amides is 1. The molecule has 0 radical (unpaired) electrons. The van der Waals surface area contributed by atoms with Crippen molar-refractivity contribution in [2.24, 2.45) is 18.7 Å². The van der Waals surface area contributed by atoms with Gasteiger partial charge in [-0.3, -0.25) is 9.78 Å². The Hall–Kier alpha value is -3.13. The first-order chi connectivity index (χ1) is 15.9. The number of pyridine rings is 2. The van der Waals surface area contributed by atoms with E-state index in [1.165, 1.54) is 0 Å². The second-order valence-electron chi connectivity index (χ2n) is 9.74. The van der Waals surface area contributed by atoms with Crippen LogP contribution in [0.15, 0.2) is 29.2 Å². The summed E-state index contributed by atoms with van der Waals surface area (Å²) in [4.78, 5) is 27.1. The Morgan fingerprint density at radius 2 is 1.91 bits per heavy atom. The molecule has 0 saturated carbocycles. The summed E-state index contributed by atoms with van der Waals surface area (Å²) >= 11 is 0. The average Bonchev–Trinajstić information content (AvgIpc) is 2.73. The van der Waals surface area contributed by atoms with E-state index in [1.807, 2.05) is 25.1 Å². The highest BCUT2D eigenvalue weighted by atomic mass is 16.6. The molecule has 3 N–H and O–H groups in total. The fraction of sp³-hybridized carbons (Fsp3) is 0.500. The number of carbonyl (C=O) groups excluding carboxylic acids is 1. The summed E-state index contributed by atoms with van der Waals surface area (Å²) in [5.74, 6) is 1.28. The van der Waals surface area contributed by atoms with Crippen molar-refractivity contribution in [2.75, 3.05) is 6.61 Å². The predicted molar refractivity (Wildman–Crippen MR) is 135 cm³/mol. The van der Waals surface area contributed by atoms with Crippen LogP contribution in [0.4, 0.5) is 4.79 Å². The smallest absolute Gasteiger partial charge is 0.405 e. The summed E-state index contributed by atoms with van der Waals surface area (Å²) in [5, 5.41) is 12.2. The zero-order valence-electron chi connectivity index (χ0n) is 21.3. The number of aromatic nitrogens is 2. The zero-order chi connectivity index (χ0) is 25.6. The number of aliphatic hydroxyl groups is 1. The van der Waals surface area contributed by atoms with Crippen molar-refractivity contribution in [2.45, 2.75) is 66.6 Å². The second-order valence-corrected chi connectivity index (χ2v) is 9.74. The lowest BCUT2D eigenvalue weighted by Gasteiger charge is -2.16. The fourth-order valence-corrected chi connectivity index (χ4v) is 3.68. The Labute approximate surface area is 200 Å². The number of nitrogens with zero attached hydrogens (tertiary/aromatic N) is 2. The van der Waals surface area contributed by atoms with E-state index >= 15 is 0 Å². The minimum atomic E-state index is -0.725. The summed E-state index contributed by atoms with van der Waals surface area (Å²) in [6, 6.07) is 5.65. The van der Waals surface area contributed by atoms with E-state index in [2.05, 4.69) is 23.6 Å². The number of amides is 1. The van der Waals surface area contributed by atoms with Crippen LogP contribution >= 0.6 is 0 Å². The van der Waals surface area contributed by atoms with E-state index < -0.39 is 11.7 Å². The van der Waals surface area contributed by atoms with Crippen LogP contribution in [0.2, 0.25) is 0 Å². The van der Waals surface area contributed by atoms with Gasteiger partial charge in [0.2, 0.25) is 0 Å². The lowest BCUT2D eigenvalue weighted by atomic mass is 10.0. The van der Waals surface area contributed by atoms with Gasteiger partial charge in [0.25, 0.3) is 5.56 Å². The summed E-state index contributed by atoms with van der Waals surface area (Å²) in [6.07, 6.45) is 3.04. The second kappa shape index (κ2) is 11.3. The van der Waals surface area contributed by atoms with Crippen molar-refractivity contribution >= 4 is 27.8 Å². The Balaban J connectivity index is 0.000000440. The minimum Gasteiger partial charge on any atom is -0.493 e. The Kier molecular flexibility index (Phi) is 9.04. The maximum absolute atomic E-state index is 12.8. The van der Waals surface area contributed by atoms with Gasteiger partial charge < -0.3 is 24.9 Å². The van der Waals surface area contributed by atoms with Crippen molar-refractivity contribution in [3.63, 3.8) is 0 Å². The first-order valence-corrected chi connectivity index (χ1v) is 11.5. The maximum Gasteiger partial charge on any atom is 0.405 e. The summed E-state index contributed by atoms with van der Waals surface area (Å²) in [6.45, 7) is 12.0. The molecule has 186 valence electrons. The first kappa shape index (κ1) is 27.1. The van der Waals surface area contributed by atoms with Crippen molar-refractivity contribution in [3.05, 3.63) is 46.0 Å². The molecule has 1 aromatic carbocycles. The molecule has 0 atom stereocenters. The number of carbonyl (C=O) groups is 1. The van der Waals surface area contributed by atoms with E-state index in [-0.39, 0.29) is 12.2 Å². The quantitative estimate of drug-likeness (QED) is 0.401. The van der Waals surface area contributed by atoms with E-state index in [4.69, 9.17) is 10.5 Å². The van der Waals surface area contributed by atoms with E-state index in [0.29, 0.717) is 29.4 Å². The molecule has 0 aliphatic carbocycles. The Bertz CT molecular complexity index is 1210. The number of fused-ring (bicyclic) bond motifs is 3. The van der Waals surface area contributed by atoms with Crippen molar-refractivity contribution in [3.8, 4) is 5.75 Å². The number of aryl methyl sites for hydroxylation is 2. The van der Waals surface area contributed by atoms with Gasteiger partial charge in [-0.2, -0.15) is 0 Å². The van der Waals surface area contributed by atoms with Crippen LogP contribution in [-0.2, 0) is 18.4 Å². The van der Waals surface area contributed by atoms with Gasteiger partial charge in [-0.1, -0.05) is 13.8 Å². The molecule has 3 rings (SSSR count). The number of nitrogens with two attached hydrogens (primary N) is 1. The molecule has 3 aromatic rings. The van der Waals surface area contributed by atoms with Crippen molar-refractivity contribution < 1.29 is 19.4 Å². The molecule has 8 heteroatoms. The molecule has 34 heavy (non-hydrogen) atoms. The molecule has 2 heterocycles. The van der Waals surface area contributed by atoms with Gasteiger partial charge in [-0.05, 0) is 64.0 Å². The van der Waals surface area contributed by atoms with Crippen LogP contribution in [0.25, 0.3) is 21.7 Å². The van der Waals surface area contributed by atoms with Crippen molar-refractivity contribution in [1.29, 1.82) is 0 Å². The van der Waals surface area contributed by atoms with Gasteiger partial charge >= 0.3 is 6.09 Å². The third-order valence-corrected chi connectivity index (χ3v) is 5.25. The van der Waals surface area contributed by atoms with Gasteiger partial charge in [0.1, 0.15) is 11.4 Å².